The zero-order valence-electron chi connectivity index (χ0n) is 11.1. The minimum Gasteiger partial charge on any atom is -0.377 e. The van der Waals surface area contributed by atoms with E-state index in [0.717, 1.165) is 30.0 Å². The van der Waals surface area contributed by atoms with E-state index in [0.29, 0.717) is 0 Å². The maximum absolute atomic E-state index is 6.22. The summed E-state index contributed by atoms with van der Waals surface area (Å²) < 4.78 is 7.77. The molecule has 0 aliphatic rings. The Hall–Kier alpha value is -1.06. The number of aromatic nitrogens is 2. The minimum atomic E-state index is -0.105. The Morgan fingerprint density at radius 3 is 2.72 bits per heavy atom. The summed E-state index contributed by atoms with van der Waals surface area (Å²) in [4.78, 5) is 4.60. The van der Waals surface area contributed by atoms with Crippen LogP contribution in [0.25, 0.3) is 11.0 Å². The molecule has 3 nitrogen and oxygen atoms in total. The highest BCUT2D eigenvalue weighted by molar-refractivity contribution is 6.20. The van der Waals surface area contributed by atoms with E-state index in [1.54, 1.807) is 0 Å². The molecular weight excluding hydrogens is 248 g/mol. The first kappa shape index (κ1) is 13.4. The van der Waals surface area contributed by atoms with Crippen molar-refractivity contribution in [2.24, 2.45) is 0 Å². The van der Waals surface area contributed by atoms with Gasteiger partial charge in [-0.3, -0.25) is 0 Å². The Labute approximate surface area is 113 Å². The fraction of sp³-hybridized carbons (Fsp3) is 0.500. The van der Waals surface area contributed by atoms with Crippen LogP contribution in [0.3, 0.4) is 0 Å². The maximum atomic E-state index is 6.22. The smallest absolute Gasteiger partial charge is 0.127 e. The molecule has 4 heteroatoms. The number of nitrogens with zero attached hydrogens (tertiary/aromatic N) is 2. The fourth-order valence-corrected chi connectivity index (χ4v) is 2.35. The summed E-state index contributed by atoms with van der Waals surface area (Å²) in [5, 5.41) is -0.105. The van der Waals surface area contributed by atoms with E-state index >= 15 is 0 Å². The zero-order chi connectivity index (χ0) is 13.1. The lowest BCUT2D eigenvalue weighted by atomic mass is 10.3. The van der Waals surface area contributed by atoms with Gasteiger partial charge in [-0.05, 0) is 32.9 Å². The molecule has 0 spiro atoms. The first-order valence-corrected chi connectivity index (χ1v) is 6.78. The van der Waals surface area contributed by atoms with Crippen LogP contribution in [0.1, 0.15) is 32.0 Å². The lowest BCUT2D eigenvalue weighted by molar-refractivity contribution is 0.0642. The average molecular weight is 267 g/mol. The molecule has 2 aromatic rings. The number of hydrogen-bond acceptors (Lipinski definition) is 2. The summed E-state index contributed by atoms with van der Waals surface area (Å²) in [6.07, 6.45) is 0.154. The van der Waals surface area contributed by atoms with Gasteiger partial charge in [-0.1, -0.05) is 12.1 Å². The average Bonchev–Trinajstić information content (AvgIpc) is 2.69. The van der Waals surface area contributed by atoms with Gasteiger partial charge in [0.1, 0.15) is 5.82 Å². The third kappa shape index (κ3) is 2.68. The second kappa shape index (κ2) is 5.72. The van der Waals surface area contributed by atoms with Gasteiger partial charge >= 0.3 is 0 Å². The molecule has 1 heterocycles. The number of ether oxygens (including phenoxy) is 1. The van der Waals surface area contributed by atoms with Crippen molar-refractivity contribution in [2.75, 3.05) is 6.61 Å². The van der Waals surface area contributed by atoms with Gasteiger partial charge in [0.2, 0.25) is 0 Å². The van der Waals surface area contributed by atoms with Crippen LogP contribution >= 0.6 is 11.6 Å². The number of halogens is 1. The van der Waals surface area contributed by atoms with Crippen LogP contribution in [0.2, 0.25) is 0 Å². The molecule has 0 saturated carbocycles. The summed E-state index contributed by atoms with van der Waals surface area (Å²) >= 11 is 6.22. The lowest BCUT2D eigenvalue weighted by Crippen LogP contribution is -2.18. The molecule has 0 fully saturated rings. The van der Waals surface area contributed by atoms with E-state index in [1.807, 2.05) is 32.0 Å². The predicted molar refractivity (Wildman–Crippen MR) is 75.1 cm³/mol. The second-order valence-electron chi connectivity index (χ2n) is 4.45. The Kier molecular flexibility index (Phi) is 4.25. The van der Waals surface area contributed by atoms with E-state index in [9.17, 15) is 0 Å². The number of para-hydroxylation sites is 2. The fourth-order valence-electron chi connectivity index (χ4n) is 2.18. The van der Waals surface area contributed by atoms with Crippen molar-refractivity contribution in [3.63, 3.8) is 0 Å². The second-order valence-corrected chi connectivity index (χ2v) is 5.11. The van der Waals surface area contributed by atoms with Crippen molar-refractivity contribution in [3.05, 3.63) is 30.1 Å². The first-order valence-electron chi connectivity index (χ1n) is 6.34. The predicted octanol–water partition coefficient (Wildman–Crippen LogP) is 3.76. The minimum absolute atomic E-state index is 0.105. The maximum Gasteiger partial charge on any atom is 0.127 e. The molecule has 1 aromatic heterocycles. The van der Waals surface area contributed by atoms with Crippen molar-refractivity contribution >= 4 is 22.6 Å². The highest BCUT2D eigenvalue weighted by atomic mass is 35.5. The van der Waals surface area contributed by atoms with Gasteiger partial charge < -0.3 is 9.30 Å². The van der Waals surface area contributed by atoms with Gasteiger partial charge in [-0.2, -0.15) is 0 Å². The topological polar surface area (TPSA) is 27.1 Å². The van der Waals surface area contributed by atoms with Gasteiger partial charge in [-0.15, -0.1) is 11.6 Å². The molecule has 2 rings (SSSR count). The number of rotatable bonds is 5. The molecular formula is C14H19ClN2O. The highest BCUT2D eigenvalue weighted by Crippen LogP contribution is 2.24. The lowest BCUT2D eigenvalue weighted by Gasteiger charge is -2.16. The molecule has 0 aliphatic carbocycles. The van der Waals surface area contributed by atoms with E-state index in [4.69, 9.17) is 16.3 Å². The standard InChI is InChI=1S/C14H19ClN2O/c1-4-18-10(2)9-17-13-8-6-5-7-12(13)16-14(17)11(3)15/h5-8,10-11H,4,9H2,1-3H3. The summed E-state index contributed by atoms with van der Waals surface area (Å²) in [5.74, 6) is 0.907. The van der Waals surface area contributed by atoms with Crippen LogP contribution in [-0.2, 0) is 11.3 Å². The third-order valence-electron chi connectivity index (χ3n) is 2.93. The van der Waals surface area contributed by atoms with Crippen LogP contribution in [0.5, 0.6) is 0 Å². The molecule has 0 bridgehead atoms. The molecule has 0 aliphatic heterocycles. The van der Waals surface area contributed by atoms with Crippen molar-refractivity contribution in [3.8, 4) is 0 Å². The van der Waals surface area contributed by atoms with Gasteiger partial charge in [0.15, 0.2) is 0 Å². The van der Waals surface area contributed by atoms with Gasteiger partial charge in [0, 0.05) is 6.61 Å². The van der Waals surface area contributed by atoms with Gasteiger partial charge in [-0.25, -0.2) is 4.98 Å². The van der Waals surface area contributed by atoms with Crippen LogP contribution in [0.4, 0.5) is 0 Å². The van der Waals surface area contributed by atoms with Crippen molar-refractivity contribution in [1.29, 1.82) is 0 Å². The zero-order valence-corrected chi connectivity index (χ0v) is 11.8. The van der Waals surface area contributed by atoms with Crippen LogP contribution in [-0.4, -0.2) is 22.3 Å². The van der Waals surface area contributed by atoms with Crippen LogP contribution in [0, 0.1) is 0 Å². The summed E-state index contributed by atoms with van der Waals surface area (Å²) in [7, 11) is 0. The molecule has 1 aromatic carbocycles. The van der Waals surface area contributed by atoms with E-state index < -0.39 is 0 Å². The molecule has 0 N–H and O–H groups in total. The van der Waals surface area contributed by atoms with Crippen LogP contribution in [0.15, 0.2) is 24.3 Å². The highest BCUT2D eigenvalue weighted by Gasteiger charge is 2.16. The van der Waals surface area contributed by atoms with Gasteiger partial charge in [0.25, 0.3) is 0 Å². The Morgan fingerprint density at radius 1 is 1.33 bits per heavy atom. The Balaban J connectivity index is 2.42. The van der Waals surface area contributed by atoms with Crippen molar-refractivity contribution in [2.45, 2.75) is 38.8 Å². The number of benzene rings is 1. The molecule has 98 valence electrons. The summed E-state index contributed by atoms with van der Waals surface area (Å²) in [6, 6.07) is 8.10. The number of imidazole rings is 1. The monoisotopic (exact) mass is 266 g/mol. The van der Waals surface area contributed by atoms with Gasteiger partial charge in [0.05, 0.1) is 29.1 Å². The van der Waals surface area contributed by atoms with E-state index in [2.05, 4.69) is 22.5 Å². The molecule has 2 unspecified atom stereocenters. The quantitative estimate of drug-likeness (QED) is 0.771. The Bertz CT molecular complexity index is 521. The number of hydrogen-bond donors (Lipinski definition) is 0. The third-order valence-corrected chi connectivity index (χ3v) is 3.13. The van der Waals surface area contributed by atoms with Crippen LogP contribution < -0.4 is 0 Å². The molecule has 0 saturated heterocycles. The SMILES string of the molecule is CCOC(C)Cn1c(C(C)Cl)nc2ccccc21. The largest absolute Gasteiger partial charge is 0.377 e. The number of fused-ring (bicyclic) bond motifs is 1. The molecule has 2 atom stereocenters. The molecule has 18 heavy (non-hydrogen) atoms. The number of alkyl halides is 1. The van der Waals surface area contributed by atoms with Crippen molar-refractivity contribution in [1.82, 2.24) is 9.55 Å². The normalized spacial score (nSPS) is 14.9. The van der Waals surface area contributed by atoms with Crippen molar-refractivity contribution < 1.29 is 4.74 Å². The first-order chi connectivity index (χ1) is 8.63. The molecule has 0 radical (unpaired) electrons. The summed E-state index contributed by atoms with van der Waals surface area (Å²) in [5.41, 5.74) is 2.11. The van der Waals surface area contributed by atoms with E-state index in [-0.39, 0.29) is 11.5 Å². The molecule has 0 amide bonds. The Morgan fingerprint density at radius 2 is 2.06 bits per heavy atom. The summed E-state index contributed by atoms with van der Waals surface area (Å²) in [6.45, 7) is 7.53. The van der Waals surface area contributed by atoms with E-state index in [1.165, 1.54) is 0 Å².